The van der Waals surface area contributed by atoms with Crippen LogP contribution in [0.4, 0.5) is 0 Å². The molecule has 0 aliphatic heterocycles. The lowest BCUT2D eigenvalue weighted by atomic mass is 10.2. The molecule has 18 heavy (non-hydrogen) atoms. The summed E-state index contributed by atoms with van der Waals surface area (Å²) in [6.45, 7) is 0.544. The minimum Gasteiger partial charge on any atom is -0.352 e. The Kier molecular flexibility index (Phi) is 3.86. The van der Waals surface area contributed by atoms with Crippen molar-refractivity contribution in [1.82, 2.24) is 15.3 Å². The average Bonchev–Trinajstić information content (AvgIpc) is 2.40. The summed E-state index contributed by atoms with van der Waals surface area (Å²) in [5, 5.41) is 2.79. The molecule has 92 valence electrons. The van der Waals surface area contributed by atoms with Gasteiger partial charge in [0.15, 0.2) is 0 Å². The van der Waals surface area contributed by atoms with Crippen LogP contribution in [0.2, 0.25) is 0 Å². The van der Waals surface area contributed by atoms with E-state index in [0.717, 1.165) is 12.0 Å². The third kappa shape index (κ3) is 3.28. The van der Waals surface area contributed by atoms with E-state index in [1.165, 1.54) is 18.3 Å². The fraction of sp³-hybridized carbons (Fsp3) is 0.154. The van der Waals surface area contributed by atoms with Crippen molar-refractivity contribution in [2.45, 2.75) is 6.42 Å². The maximum atomic E-state index is 11.7. The second-order valence-corrected chi connectivity index (χ2v) is 3.80. The number of hydrogen-bond acceptors (Lipinski definition) is 3. The van der Waals surface area contributed by atoms with E-state index in [-0.39, 0.29) is 11.5 Å². The van der Waals surface area contributed by atoms with Crippen LogP contribution in [-0.2, 0) is 6.42 Å². The second kappa shape index (κ2) is 5.77. The first-order valence-corrected chi connectivity index (χ1v) is 5.61. The molecule has 0 spiro atoms. The van der Waals surface area contributed by atoms with Crippen LogP contribution in [0.15, 0.2) is 47.7 Å². The Morgan fingerprint density at radius 1 is 1.22 bits per heavy atom. The summed E-state index contributed by atoms with van der Waals surface area (Å²) in [7, 11) is 0. The van der Waals surface area contributed by atoms with Gasteiger partial charge in [-0.05, 0) is 30.2 Å². The van der Waals surface area contributed by atoms with Gasteiger partial charge >= 0.3 is 0 Å². The fourth-order valence-corrected chi connectivity index (χ4v) is 1.52. The molecule has 0 unspecified atom stereocenters. The van der Waals surface area contributed by atoms with Gasteiger partial charge in [0, 0.05) is 31.2 Å². The lowest BCUT2D eigenvalue weighted by Crippen LogP contribution is -2.26. The van der Waals surface area contributed by atoms with Crippen LogP contribution < -0.4 is 10.9 Å². The average molecular weight is 243 g/mol. The van der Waals surface area contributed by atoms with Crippen molar-refractivity contribution in [2.75, 3.05) is 6.54 Å². The number of carbonyl (C=O) groups is 1. The van der Waals surface area contributed by atoms with Crippen molar-refractivity contribution < 1.29 is 4.79 Å². The van der Waals surface area contributed by atoms with Gasteiger partial charge in [0.1, 0.15) is 0 Å². The molecule has 2 rings (SSSR count). The van der Waals surface area contributed by atoms with Crippen LogP contribution in [0.1, 0.15) is 15.9 Å². The van der Waals surface area contributed by atoms with Crippen molar-refractivity contribution in [3.05, 3.63) is 64.3 Å². The van der Waals surface area contributed by atoms with E-state index < -0.39 is 0 Å². The highest BCUT2D eigenvalue weighted by Gasteiger charge is 2.04. The summed E-state index contributed by atoms with van der Waals surface area (Å²) in [6, 6.07) is 6.65. The zero-order valence-corrected chi connectivity index (χ0v) is 9.72. The normalized spacial score (nSPS) is 10.0. The molecule has 2 aromatic rings. The smallest absolute Gasteiger partial charge is 0.252 e. The lowest BCUT2D eigenvalue weighted by molar-refractivity contribution is 0.0954. The number of rotatable bonds is 4. The molecule has 0 aromatic carbocycles. The number of H-pyrrole nitrogens is 1. The predicted molar refractivity (Wildman–Crippen MR) is 67.3 cm³/mol. The predicted octanol–water partition coefficient (Wildman–Crippen LogP) is 0.742. The molecule has 0 atom stereocenters. The van der Waals surface area contributed by atoms with E-state index in [4.69, 9.17) is 0 Å². The van der Waals surface area contributed by atoms with Crippen LogP contribution in [-0.4, -0.2) is 22.4 Å². The van der Waals surface area contributed by atoms with Crippen molar-refractivity contribution in [1.29, 1.82) is 0 Å². The van der Waals surface area contributed by atoms with Crippen molar-refractivity contribution in [3.63, 3.8) is 0 Å². The number of amides is 1. The van der Waals surface area contributed by atoms with Crippen LogP contribution in [0.3, 0.4) is 0 Å². The number of aromatic nitrogens is 2. The molecule has 0 fully saturated rings. The Balaban J connectivity index is 1.85. The van der Waals surface area contributed by atoms with E-state index >= 15 is 0 Å². The summed E-state index contributed by atoms with van der Waals surface area (Å²) in [4.78, 5) is 28.9. The molecule has 2 heterocycles. The molecule has 0 bridgehead atoms. The molecular weight excluding hydrogens is 230 g/mol. The van der Waals surface area contributed by atoms with Crippen LogP contribution in [0.5, 0.6) is 0 Å². The topological polar surface area (TPSA) is 74.8 Å². The largest absolute Gasteiger partial charge is 0.352 e. The van der Waals surface area contributed by atoms with Gasteiger partial charge in [0.25, 0.3) is 5.91 Å². The van der Waals surface area contributed by atoms with Gasteiger partial charge in [0.05, 0.1) is 5.56 Å². The van der Waals surface area contributed by atoms with Crippen LogP contribution in [0.25, 0.3) is 0 Å². The molecule has 2 aromatic heterocycles. The number of carbonyl (C=O) groups excluding carboxylic acids is 1. The first-order chi connectivity index (χ1) is 8.75. The molecule has 5 heteroatoms. The van der Waals surface area contributed by atoms with Gasteiger partial charge in [-0.25, -0.2) is 0 Å². The van der Waals surface area contributed by atoms with Crippen LogP contribution in [0, 0.1) is 0 Å². The highest BCUT2D eigenvalue weighted by atomic mass is 16.1. The van der Waals surface area contributed by atoms with Gasteiger partial charge < -0.3 is 10.3 Å². The Morgan fingerprint density at radius 2 is 2.00 bits per heavy atom. The summed E-state index contributed by atoms with van der Waals surface area (Å²) in [5.74, 6) is -0.194. The standard InChI is InChI=1S/C13H13N3O2/c17-12-2-1-11(9-16-12)13(18)15-8-5-10-3-6-14-7-4-10/h1-4,6-7,9H,5,8H2,(H,15,18)(H,16,17). The molecule has 0 saturated heterocycles. The summed E-state index contributed by atoms with van der Waals surface area (Å²) in [5.41, 5.74) is 1.35. The Hall–Kier alpha value is -2.43. The molecule has 0 saturated carbocycles. The maximum Gasteiger partial charge on any atom is 0.252 e. The zero-order chi connectivity index (χ0) is 12.8. The third-order valence-corrected chi connectivity index (χ3v) is 2.49. The molecule has 0 aliphatic rings. The summed E-state index contributed by atoms with van der Waals surface area (Å²) < 4.78 is 0. The molecule has 5 nitrogen and oxygen atoms in total. The molecular formula is C13H13N3O2. The van der Waals surface area contributed by atoms with Gasteiger partial charge in [0.2, 0.25) is 5.56 Å². The van der Waals surface area contributed by atoms with Gasteiger partial charge in [-0.1, -0.05) is 0 Å². The van der Waals surface area contributed by atoms with Crippen LogP contribution >= 0.6 is 0 Å². The van der Waals surface area contributed by atoms with E-state index in [9.17, 15) is 9.59 Å². The first kappa shape index (κ1) is 12.0. The molecule has 2 N–H and O–H groups in total. The van der Waals surface area contributed by atoms with E-state index in [2.05, 4.69) is 15.3 Å². The van der Waals surface area contributed by atoms with E-state index in [0.29, 0.717) is 12.1 Å². The highest BCUT2D eigenvalue weighted by molar-refractivity contribution is 5.93. The molecule has 0 aliphatic carbocycles. The fourth-order valence-electron chi connectivity index (χ4n) is 1.52. The number of aromatic amines is 1. The SMILES string of the molecule is O=C(NCCc1ccncc1)c1ccc(=O)[nH]c1. The maximum absolute atomic E-state index is 11.7. The highest BCUT2D eigenvalue weighted by Crippen LogP contribution is 1.97. The van der Waals surface area contributed by atoms with Gasteiger partial charge in [-0.15, -0.1) is 0 Å². The molecule has 1 amide bonds. The Morgan fingerprint density at radius 3 is 2.67 bits per heavy atom. The summed E-state index contributed by atoms with van der Waals surface area (Å²) >= 11 is 0. The minimum absolute atomic E-state index is 0.194. The quantitative estimate of drug-likeness (QED) is 0.831. The zero-order valence-electron chi connectivity index (χ0n) is 9.72. The molecule has 0 radical (unpaired) electrons. The number of hydrogen-bond donors (Lipinski definition) is 2. The Bertz CT molecular complexity index is 558. The first-order valence-electron chi connectivity index (χ1n) is 5.61. The monoisotopic (exact) mass is 243 g/mol. The number of pyridine rings is 2. The van der Waals surface area contributed by atoms with Crippen molar-refractivity contribution in [3.8, 4) is 0 Å². The second-order valence-electron chi connectivity index (χ2n) is 3.80. The number of nitrogens with zero attached hydrogens (tertiary/aromatic N) is 1. The minimum atomic E-state index is -0.219. The third-order valence-electron chi connectivity index (χ3n) is 2.49. The lowest BCUT2D eigenvalue weighted by Gasteiger charge is -2.04. The van der Waals surface area contributed by atoms with Crippen molar-refractivity contribution >= 4 is 5.91 Å². The summed E-state index contributed by atoms with van der Waals surface area (Å²) in [6.07, 6.45) is 5.60. The van der Waals surface area contributed by atoms with E-state index in [1.54, 1.807) is 12.4 Å². The van der Waals surface area contributed by atoms with Crippen molar-refractivity contribution in [2.24, 2.45) is 0 Å². The van der Waals surface area contributed by atoms with Gasteiger partial charge in [-0.2, -0.15) is 0 Å². The number of nitrogens with one attached hydrogen (secondary N) is 2. The van der Waals surface area contributed by atoms with Gasteiger partial charge in [-0.3, -0.25) is 14.6 Å². The van der Waals surface area contributed by atoms with E-state index in [1.807, 2.05) is 12.1 Å². The Labute approximate surface area is 104 Å².